The van der Waals surface area contributed by atoms with Gasteiger partial charge in [0.15, 0.2) is 0 Å². The zero-order valence-corrected chi connectivity index (χ0v) is 14.1. The fourth-order valence-electron chi connectivity index (χ4n) is 2.71. The summed E-state index contributed by atoms with van der Waals surface area (Å²) < 4.78 is 1.77. The Kier molecular flexibility index (Phi) is 4.96. The molecule has 4 nitrogen and oxygen atoms in total. The van der Waals surface area contributed by atoms with Gasteiger partial charge >= 0.3 is 0 Å². The van der Waals surface area contributed by atoms with Crippen LogP contribution in [0.25, 0.3) is 0 Å². The van der Waals surface area contributed by atoms with Crippen molar-refractivity contribution < 1.29 is 4.79 Å². The molecule has 2 aromatic carbocycles. The number of aromatic nitrogens is 2. The van der Waals surface area contributed by atoms with Crippen molar-refractivity contribution in [3.63, 3.8) is 0 Å². The lowest BCUT2D eigenvalue weighted by molar-refractivity contribution is -0.132. The van der Waals surface area contributed by atoms with E-state index in [0.29, 0.717) is 5.02 Å². The first kappa shape index (κ1) is 16.3. The van der Waals surface area contributed by atoms with Crippen LogP contribution in [0.1, 0.15) is 17.2 Å². The number of likely N-dealkylation sites (N-methyl/N-ethyl adjacent to an activating group) is 1. The normalized spacial score (nSPS) is 11.9. The summed E-state index contributed by atoms with van der Waals surface area (Å²) in [6.07, 6.45) is 5.10. The van der Waals surface area contributed by atoms with Crippen LogP contribution in [0.15, 0.2) is 73.3 Å². The van der Waals surface area contributed by atoms with Crippen LogP contribution in [0, 0.1) is 0 Å². The van der Waals surface area contributed by atoms with Crippen molar-refractivity contribution in [1.82, 2.24) is 14.5 Å². The number of amides is 1. The summed E-state index contributed by atoms with van der Waals surface area (Å²) >= 11 is 6.01. The number of imidazole rings is 1. The van der Waals surface area contributed by atoms with Crippen LogP contribution in [0.5, 0.6) is 0 Å². The predicted molar refractivity (Wildman–Crippen MR) is 94.7 cm³/mol. The van der Waals surface area contributed by atoms with Crippen molar-refractivity contribution in [3.05, 3.63) is 89.5 Å². The van der Waals surface area contributed by atoms with E-state index in [-0.39, 0.29) is 18.5 Å². The third-order valence-corrected chi connectivity index (χ3v) is 4.21. The second-order valence-electron chi connectivity index (χ2n) is 5.60. The lowest BCUT2D eigenvalue weighted by Gasteiger charge is -2.29. The highest BCUT2D eigenvalue weighted by molar-refractivity contribution is 6.30. The van der Waals surface area contributed by atoms with E-state index in [2.05, 4.69) is 4.98 Å². The van der Waals surface area contributed by atoms with Gasteiger partial charge in [-0.05, 0) is 23.3 Å². The number of carbonyl (C=O) groups excluding carboxylic acids is 1. The largest absolute Gasteiger partial charge is 0.333 e. The molecule has 0 aliphatic rings. The molecule has 3 rings (SSSR count). The van der Waals surface area contributed by atoms with Gasteiger partial charge in [-0.15, -0.1) is 0 Å². The van der Waals surface area contributed by atoms with Gasteiger partial charge in [-0.1, -0.05) is 54.1 Å². The summed E-state index contributed by atoms with van der Waals surface area (Å²) in [6.45, 7) is 0.257. The molecule has 1 aromatic heterocycles. The van der Waals surface area contributed by atoms with Crippen LogP contribution >= 0.6 is 11.6 Å². The minimum atomic E-state index is -0.167. The molecular weight excluding hydrogens is 322 g/mol. The highest BCUT2D eigenvalue weighted by Gasteiger charge is 2.23. The summed E-state index contributed by atoms with van der Waals surface area (Å²) in [6, 6.07) is 17.4. The molecule has 1 amide bonds. The topological polar surface area (TPSA) is 38.1 Å². The van der Waals surface area contributed by atoms with E-state index in [4.69, 9.17) is 11.6 Å². The molecule has 0 saturated carbocycles. The average molecular weight is 340 g/mol. The van der Waals surface area contributed by atoms with Crippen LogP contribution in [0.4, 0.5) is 0 Å². The molecule has 0 N–H and O–H groups in total. The lowest BCUT2D eigenvalue weighted by atomic mass is 9.97. The van der Waals surface area contributed by atoms with Crippen molar-refractivity contribution in [2.75, 3.05) is 7.05 Å². The van der Waals surface area contributed by atoms with Crippen molar-refractivity contribution in [2.24, 2.45) is 0 Å². The molecule has 1 atom stereocenters. The Bertz CT molecular complexity index is 785. The van der Waals surface area contributed by atoms with Crippen molar-refractivity contribution in [1.29, 1.82) is 0 Å². The van der Waals surface area contributed by atoms with Crippen molar-refractivity contribution in [3.8, 4) is 0 Å². The third kappa shape index (κ3) is 3.66. The zero-order valence-electron chi connectivity index (χ0n) is 13.3. The maximum atomic E-state index is 12.7. The molecule has 0 aliphatic carbocycles. The van der Waals surface area contributed by atoms with Crippen molar-refractivity contribution >= 4 is 17.5 Å². The van der Waals surface area contributed by atoms with Gasteiger partial charge in [0.25, 0.3) is 0 Å². The highest BCUT2D eigenvalue weighted by atomic mass is 35.5. The van der Waals surface area contributed by atoms with Crippen LogP contribution in [-0.4, -0.2) is 27.4 Å². The molecule has 1 unspecified atom stereocenters. The summed E-state index contributed by atoms with van der Waals surface area (Å²) in [4.78, 5) is 18.5. The Hall–Kier alpha value is -2.59. The highest BCUT2D eigenvalue weighted by Crippen LogP contribution is 2.28. The van der Waals surface area contributed by atoms with E-state index < -0.39 is 0 Å². The van der Waals surface area contributed by atoms with Gasteiger partial charge in [0.1, 0.15) is 6.54 Å². The van der Waals surface area contributed by atoms with Crippen LogP contribution in [0.2, 0.25) is 5.02 Å². The maximum absolute atomic E-state index is 12.7. The fraction of sp³-hybridized carbons (Fsp3) is 0.158. The van der Waals surface area contributed by atoms with E-state index in [1.807, 2.05) is 61.6 Å². The number of benzene rings is 2. The fourth-order valence-corrected chi connectivity index (χ4v) is 2.84. The molecule has 3 aromatic rings. The molecule has 0 radical (unpaired) electrons. The molecule has 24 heavy (non-hydrogen) atoms. The number of carbonyl (C=O) groups is 1. The molecule has 5 heteroatoms. The molecule has 0 spiro atoms. The van der Waals surface area contributed by atoms with E-state index in [0.717, 1.165) is 11.1 Å². The Morgan fingerprint density at radius 1 is 1.12 bits per heavy atom. The number of rotatable bonds is 5. The molecule has 1 heterocycles. The van der Waals surface area contributed by atoms with Gasteiger partial charge in [0.2, 0.25) is 5.91 Å². The van der Waals surface area contributed by atoms with E-state index in [9.17, 15) is 4.79 Å². The van der Waals surface area contributed by atoms with Gasteiger partial charge in [0.05, 0.1) is 12.4 Å². The van der Waals surface area contributed by atoms with E-state index >= 15 is 0 Å². The third-order valence-electron chi connectivity index (χ3n) is 3.96. The van der Waals surface area contributed by atoms with Crippen LogP contribution in [-0.2, 0) is 11.3 Å². The van der Waals surface area contributed by atoms with E-state index in [1.165, 1.54) is 0 Å². The van der Waals surface area contributed by atoms with Gasteiger partial charge in [-0.2, -0.15) is 0 Å². The van der Waals surface area contributed by atoms with Gasteiger partial charge in [0, 0.05) is 24.5 Å². The van der Waals surface area contributed by atoms with Crippen molar-refractivity contribution in [2.45, 2.75) is 12.6 Å². The van der Waals surface area contributed by atoms with Gasteiger partial charge < -0.3 is 9.47 Å². The molecule has 0 fully saturated rings. The first-order valence-electron chi connectivity index (χ1n) is 7.67. The Balaban J connectivity index is 1.91. The quantitative estimate of drug-likeness (QED) is 0.709. The summed E-state index contributed by atoms with van der Waals surface area (Å²) in [5.74, 6) is 0.0109. The second kappa shape index (κ2) is 7.32. The average Bonchev–Trinajstić information content (AvgIpc) is 3.10. The van der Waals surface area contributed by atoms with E-state index in [1.54, 1.807) is 28.2 Å². The second-order valence-corrected chi connectivity index (χ2v) is 6.04. The first-order chi connectivity index (χ1) is 11.6. The summed E-state index contributed by atoms with van der Waals surface area (Å²) in [7, 11) is 1.82. The molecular formula is C19H18ClN3O. The number of hydrogen-bond donors (Lipinski definition) is 0. The first-order valence-corrected chi connectivity index (χ1v) is 8.05. The van der Waals surface area contributed by atoms with Gasteiger partial charge in [-0.25, -0.2) is 4.98 Å². The SMILES string of the molecule is CN(C(=O)Cn1ccnc1)C(c1ccccc1)c1ccc(Cl)cc1. The molecule has 122 valence electrons. The smallest absolute Gasteiger partial charge is 0.243 e. The number of nitrogens with zero attached hydrogens (tertiary/aromatic N) is 3. The number of halogens is 1. The Morgan fingerprint density at radius 2 is 1.79 bits per heavy atom. The Labute approximate surface area is 146 Å². The molecule has 0 saturated heterocycles. The predicted octanol–water partition coefficient (Wildman–Crippen LogP) is 3.78. The Morgan fingerprint density at radius 3 is 2.42 bits per heavy atom. The molecule has 0 bridgehead atoms. The lowest BCUT2D eigenvalue weighted by Crippen LogP contribution is -2.34. The van der Waals surface area contributed by atoms with Gasteiger partial charge in [-0.3, -0.25) is 4.79 Å². The zero-order chi connectivity index (χ0) is 16.9. The maximum Gasteiger partial charge on any atom is 0.243 e. The summed E-state index contributed by atoms with van der Waals surface area (Å²) in [5, 5.41) is 0.679. The van der Waals surface area contributed by atoms with Crippen LogP contribution in [0.3, 0.4) is 0 Å². The van der Waals surface area contributed by atoms with Crippen LogP contribution < -0.4 is 0 Å². The molecule has 0 aliphatic heterocycles. The summed E-state index contributed by atoms with van der Waals surface area (Å²) in [5.41, 5.74) is 2.08. The minimum Gasteiger partial charge on any atom is -0.333 e. The monoisotopic (exact) mass is 339 g/mol. The number of hydrogen-bond acceptors (Lipinski definition) is 2. The standard InChI is InChI=1S/C19H18ClN3O/c1-22(18(24)13-23-12-11-21-14-23)19(15-5-3-2-4-6-15)16-7-9-17(20)10-8-16/h2-12,14,19H,13H2,1H3. The minimum absolute atomic E-state index is 0.0109.